The average molecular weight is 481 g/mol. The molecule has 0 bridgehead atoms. The topological polar surface area (TPSA) is 85.3 Å². The summed E-state index contributed by atoms with van der Waals surface area (Å²) in [5, 5.41) is 0.684. The first-order chi connectivity index (χ1) is 14.8. The summed E-state index contributed by atoms with van der Waals surface area (Å²) in [7, 11) is -0.0777. The standard InChI is InChI=1S/C21H21ClN2O5S2/c1-28-17-6-4-3-5-13(17)9-20(25)23-21-24(14-7-8-18(29-2)15(22)10-14)16-11-31(26,27)12-19(16)30-21/h3-8,10,16,19H,9,11-12H2,1-2H3/t16-,19-/m1/s1. The quantitative estimate of drug-likeness (QED) is 0.649. The van der Waals surface area contributed by atoms with E-state index in [1.165, 1.54) is 18.9 Å². The van der Waals surface area contributed by atoms with Crippen LogP contribution in [0, 0.1) is 0 Å². The van der Waals surface area contributed by atoms with E-state index >= 15 is 0 Å². The van der Waals surface area contributed by atoms with Crippen molar-refractivity contribution in [2.75, 3.05) is 30.6 Å². The first-order valence-electron chi connectivity index (χ1n) is 9.54. The Morgan fingerprint density at radius 2 is 1.90 bits per heavy atom. The van der Waals surface area contributed by atoms with Gasteiger partial charge in [-0.1, -0.05) is 41.6 Å². The number of carbonyl (C=O) groups is 1. The number of sulfone groups is 1. The van der Waals surface area contributed by atoms with E-state index in [0.29, 0.717) is 27.4 Å². The van der Waals surface area contributed by atoms with Crippen molar-refractivity contribution in [3.8, 4) is 11.5 Å². The molecule has 0 saturated carbocycles. The van der Waals surface area contributed by atoms with Gasteiger partial charge in [0, 0.05) is 16.5 Å². The molecule has 2 saturated heterocycles. The van der Waals surface area contributed by atoms with Gasteiger partial charge in [-0.3, -0.25) is 4.79 Å². The molecule has 164 valence electrons. The van der Waals surface area contributed by atoms with E-state index in [-0.39, 0.29) is 35.1 Å². The second kappa shape index (κ2) is 8.72. The Morgan fingerprint density at radius 1 is 1.16 bits per heavy atom. The molecule has 2 fully saturated rings. The SMILES string of the molecule is COc1ccc(N2C(=NC(=O)Cc3ccccc3OC)S[C@@H]3CS(=O)(=O)C[C@H]32)cc1Cl. The highest BCUT2D eigenvalue weighted by molar-refractivity contribution is 8.16. The Bertz CT molecular complexity index is 1150. The van der Waals surface area contributed by atoms with E-state index < -0.39 is 9.84 Å². The molecule has 0 aliphatic carbocycles. The summed E-state index contributed by atoms with van der Waals surface area (Å²) < 4.78 is 35.0. The number of carbonyl (C=O) groups excluding carboxylic acids is 1. The molecule has 0 spiro atoms. The zero-order valence-corrected chi connectivity index (χ0v) is 19.3. The molecular weight excluding hydrogens is 460 g/mol. The molecule has 4 rings (SSSR count). The maximum Gasteiger partial charge on any atom is 0.252 e. The number of ether oxygens (including phenoxy) is 2. The van der Waals surface area contributed by atoms with Crippen molar-refractivity contribution in [1.29, 1.82) is 0 Å². The highest BCUT2D eigenvalue weighted by atomic mass is 35.5. The summed E-state index contributed by atoms with van der Waals surface area (Å²) >= 11 is 7.63. The number of hydrogen-bond acceptors (Lipinski definition) is 6. The zero-order valence-electron chi connectivity index (χ0n) is 16.9. The van der Waals surface area contributed by atoms with Crippen molar-refractivity contribution in [2.24, 2.45) is 4.99 Å². The lowest BCUT2D eigenvalue weighted by molar-refractivity contribution is -0.117. The van der Waals surface area contributed by atoms with Crippen molar-refractivity contribution in [3.63, 3.8) is 0 Å². The predicted molar refractivity (Wildman–Crippen MR) is 123 cm³/mol. The minimum Gasteiger partial charge on any atom is -0.496 e. The van der Waals surface area contributed by atoms with Gasteiger partial charge >= 0.3 is 0 Å². The van der Waals surface area contributed by atoms with Crippen LogP contribution >= 0.6 is 23.4 Å². The van der Waals surface area contributed by atoms with Gasteiger partial charge in [-0.15, -0.1) is 0 Å². The van der Waals surface area contributed by atoms with Crippen molar-refractivity contribution in [1.82, 2.24) is 0 Å². The monoisotopic (exact) mass is 480 g/mol. The van der Waals surface area contributed by atoms with Gasteiger partial charge in [-0.05, 0) is 24.3 Å². The summed E-state index contributed by atoms with van der Waals surface area (Å²) in [5.41, 5.74) is 1.41. The van der Waals surface area contributed by atoms with E-state index in [2.05, 4.69) is 4.99 Å². The predicted octanol–water partition coefficient (Wildman–Crippen LogP) is 3.20. The van der Waals surface area contributed by atoms with E-state index in [0.717, 1.165) is 5.56 Å². The fourth-order valence-corrected chi connectivity index (χ4v) is 8.01. The third-order valence-corrected chi connectivity index (χ3v) is 8.74. The van der Waals surface area contributed by atoms with Crippen LogP contribution in [0.5, 0.6) is 11.5 Å². The van der Waals surface area contributed by atoms with Crippen molar-refractivity contribution < 1.29 is 22.7 Å². The molecule has 2 aromatic rings. The van der Waals surface area contributed by atoms with E-state index in [1.54, 1.807) is 31.4 Å². The Kier molecular flexibility index (Phi) is 6.18. The van der Waals surface area contributed by atoms with Crippen LogP contribution in [0.3, 0.4) is 0 Å². The van der Waals surface area contributed by atoms with E-state index in [4.69, 9.17) is 21.1 Å². The number of anilines is 1. The van der Waals surface area contributed by atoms with Gasteiger partial charge in [0.05, 0.1) is 43.2 Å². The Hall–Kier alpha value is -2.23. The second-order valence-corrected chi connectivity index (χ2v) is 11.0. The number of thioether (sulfide) groups is 1. The number of rotatable bonds is 5. The number of nitrogens with zero attached hydrogens (tertiary/aromatic N) is 2. The molecule has 0 radical (unpaired) electrons. The summed E-state index contributed by atoms with van der Waals surface area (Å²) in [5.74, 6) is 0.867. The maximum atomic E-state index is 12.8. The second-order valence-electron chi connectivity index (χ2n) is 7.27. The van der Waals surface area contributed by atoms with Crippen molar-refractivity contribution in [2.45, 2.75) is 17.7 Å². The van der Waals surface area contributed by atoms with Gasteiger partial charge in [-0.25, -0.2) is 8.42 Å². The zero-order chi connectivity index (χ0) is 22.2. The first-order valence-corrected chi connectivity index (χ1v) is 12.6. The molecule has 0 unspecified atom stereocenters. The number of amidine groups is 1. The minimum atomic E-state index is -3.16. The summed E-state index contributed by atoms with van der Waals surface area (Å²) in [6.07, 6.45) is 0.0823. The van der Waals surface area contributed by atoms with Gasteiger partial charge < -0.3 is 14.4 Å². The van der Waals surface area contributed by atoms with Gasteiger partial charge in [0.15, 0.2) is 15.0 Å². The van der Waals surface area contributed by atoms with Gasteiger partial charge in [-0.2, -0.15) is 4.99 Å². The van der Waals surface area contributed by atoms with Crippen LogP contribution in [0.25, 0.3) is 0 Å². The smallest absolute Gasteiger partial charge is 0.252 e. The molecule has 0 N–H and O–H groups in total. The number of amides is 1. The summed E-state index contributed by atoms with van der Waals surface area (Å²) in [6, 6.07) is 12.2. The number of hydrogen-bond donors (Lipinski definition) is 0. The van der Waals surface area contributed by atoms with Crippen LogP contribution in [0.1, 0.15) is 5.56 Å². The highest BCUT2D eigenvalue weighted by Crippen LogP contribution is 2.42. The first kappa shape index (κ1) is 22.0. The lowest BCUT2D eigenvalue weighted by atomic mass is 10.1. The number of para-hydroxylation sites is 1. The normalized spacial score (nSPS) is 23.1. The number of methoxy groups -OCH3 is 2. The Balaban J connectivity index is 1.67. The molecule has 2 aliphatic heterocycles. The molecule has 2 atom stereocenters. The largest absolute Gasteiger partial charge is 0.496 e. The minimum absolute atomic E-state index is 0.00797. The third kappa shape index (κ3) is 4.53. The lowest BCUT2D eigenvalue weighted by Crippen LogP contribution is -2.37. The molecular formula is C21H21ClN2O5S2. The van der Waals surface area contributed by atoms with Crippen LogP contribution in [0.2, 0.25) is 5.02 Å². The molecule has 2 heterocycles. The maximum absolute atomic E-state index is 12.8. The van der Waals surface area contributed by atoms with Gasteiger partial charge in [0.1, 0.15) is 11.5 Å². The van der Waals surface area contributed by atoms with Crippen LogP contribution in [-0.2, 0) is 21.1 Å². The Morgan fingerprint density at radius 3 is 2.61 bits per heavy atom. The lowest BCUT2D eigenvalue weighted by Gasteiger charge is -2.25. The fraction of sp³-hybridized carbons (Fsp3) is 0.333. The van der Waals surface area contributed by atoms with Crippen LogP contribution in [-0.4, -0.2) is 56.5 Å². The highest BCUT2D eigenvalue weighted by Gasteiger charge is 2.49. The van der Waals surface area contributed by atoms with Gasteiger partial charge in [0.2, 0.25) is 0 Å². The summed E-state index contributed by atoms with van der Waals surface area (Å²) in [4.78, 5) is 18.9. The molecule has 7 nitrogen and oxygen atoms in total. The number of aliphatic imine (C=N–C) groups is 1. The number of fused-ring (bicyclic) bond motifs is 1. The van der Waals surface area contributed by atoms with Crippen LogP contribution < -0.4 is 14.4 Å². The van der Waals surface area contributed by atoms with Crippen molar-refractivity contribution in [3.05, 3.63) is 53.1 Å². The molecule has 2 aliphatic rings. The van der Waals surface area contributed by atoms with Crippen LogP contribution in [0.4, 0.5) is 5.69 Å². The van der Waals surface area contributed by atoms with E-state index in [1.807, 2.05) is 23.1 Å². The third-order valence-electron chi connectivity index (χ3n) is 5.23. The average Bonchev–Trinajstić information content (AvgIpc) is 3.18. The molecule has 10 heteroatoms. The Labute approximate surface area is 190 Å². The van der Waals surface area contributed by atoms with Crippen molar-refractivity contribution >= 4 is 50.0 Å². The molecule has 1 amide bonds. The molecule has 0 aromatic heterocycles. The number of halogens is 1. The van der Waals surface area contributed by atoms with Gasteiger partial charge in [0.25, 0.3) is 5.91 Å². The van der Waals surface area contributed by atoms with E-state index in [9.17, 15) is 13.2 Å². The number of benzene rings is 2. The molecule has 2 aromatic carbocycles. The van der Waals surface area contributed by atoms with Crippen LogP contribution in [0.15, 0.2) is 47.5 Å². The fourth-order valence-electron chi connectivity index (χ4n) is 3.83. The molecule has 31 heavy (non-hydrogen) atoms. The summed E-state index contributed by atoms with van der Waals surface area (Å²) in [6.45, 7) is 0.